The van der Waals surface area contributed by atoms with Crippen LogP contribution < -0.4 is 4.74 Å². The summed E-state index contributed by atoms with van der Waals surface area (Å²) >= 11 is 0. The second kappa shape index (κ2) is 8.06. The van der Waals surface area contributed by atoms with Gasteiger partial charge in [-0.15, -0.1) is 6.07 Å². The molecule has 0 unspecified atom stereocenters. The number of phenolic OH excluding ortho intramolecular Hbond substituents is 1. The molecule has 0 aliphatic rings. The van der Waals surface area contributed by atoms with Gasteiger partial charge in [0.2, 0.25) is 5.88 Å². The van der Waals surface area contributed by atoms with Crippen LogP contribution in [0.2, 0.25) is 0 Å². The molecule has 2 aromatic carbocycles. The number of para-hydroxylation sites is 2. The van der Waals surface area contributed by atoms with Crippen LogP contribution >= 0.6 is 0 Å². The van der Waals surface area contributed by atoms with E-state index in [1.807, 2.05) is 59.2 Å². The summed E-state index contributed by atoms with van der Waals surface area (Å²) in [4.78, 5) is 13.6. The van der Waals surface area contributed by atoms with E-state index in [9.17, 15) is 5.11 Å². The number of fused-ring (bicyclic) bond motifs is 4. The van der Waals surface area contributed by atoms with Gasteiger partial charge in [0.15, 0.2) is 0 Å². The predicted octanol–water partition coefficient (Wildman–Crippen LogP) is 5.42. The van der Waals surface area contributed by atoms with Crippen molar-refractivity contribution in [3.63, 3.8) is 0 Å². The van der Waals surface area contributed by atoms with E-state index < -0.39 is 0 Å². The molecule has 0 saturated carbocycles. The van der Waals surface area contributed by atoms with Gasteiger partial charge in [0, 0.05) is 50.0 Å². The van der Waals surface area contributed by atoms with Crippen LogP contribution in [0.1, 0.15) is 0 Å². The molecule has 6 aromatic rings. The molecule has 7 heteroatoms. The Morgan fingerprint density at radius 2 is 1.72 bits per heavy atom. The smallest absolute Gasteiger partial charge is 0.217 e. The van der Waals surface area contributed by atoms with Crippen LogP contribution in [0.5, 0.6) is 17.4 Å². The minimum atomic E-state index is 0. The predicted molar refractivity (Wildman–Crippen MR) is 119 cm³/mol. The van der Waals surface area contributed by atoms with Crippen molar-refractivity contribution in [2.45, 2.75) is 0 Å². The zero-order chi connectivity index (χ0) is 20.8. The van der Waals surface area contributed by atoms with Crippen LogP contribution in [-0.4, -0.2) is 24.6 Å². The van der Waals surface area contributed by atoms with Crippen molar-refractivity contribution in [3.05, 3.63) is 91.3 Å². The molecule has 4 heterocycles. The van der Waals surface area contributed by atoms with E-state index in [0.717, 1.165) is 33.1 Å². The van der Waals surface area contributed by atoms with Crippen LogP contribution in [0.15, 0.2) is 85.2 Å². The van der Waals surface area contributed by atoms with Gasteiger partial charge < -0.3 is 19.4 Å². The molecule has 4 aromatic heterocycles. The standard InChI is InChI=1S/C25H15N4O2.Pt/c30-21-9-5-6-16-11-12-23(28-24(16)21)31-17-14-20-25(27-15-17)18-7-1-2-8-19(18)29(20)22-10-3-4-13-26-22;/h1-13,15,30H;/q-1;. The fourth-order valence-electron chi connectivity index (χ4n) is 3.80. The molecule has 0 atom stereocenters. The number of aromatic hydroxyl groups is 1. The Bertz CT molecular complexity index is 1580. The molecule has 0 aliphatic carbocycles. The SMILES string of the molecule is Oc1cccc2ccc(Oc3[c-]c4c(nc3)c3ccccc3n4-c3ccccn3)nc12.[Pt]. The molecule has 6 nitrogen and oxygen atoms in total. The van der Waals surface area contributed by atoms with Crippen LogP contribution in [0.4, 0.5) is 0 Å². The number of benzene rings is 2. The molecule has 158 valence electrons. The second-order valence-corrected chi connectivity index (χ2v) is 7.09. The van der Waals surface area contributed by atoms with Crippen molar-refractivity contribution in [2.24, 2.45) is 0 Å². The van der Waals surface area contributed by atoms with Crippen LogP contribution in [0, 0.1) is 6.07 Å². The number of hydrogen-bond donors (Lipinski definition) is 1. The number of phenols is 1. The topological polar surface area (TPSA) is 73.1 Å². The summed E-state index contributed by atoms with van der Waals surface area (Å²) in [7, 11) is 0. The summed E-state index contributed by atoms with van der Waals surface area (Å²) in [6.07, 6.45) is 3.39. The first-order valence-electron chi connectivity index (χ1n) is 9.77. The van der Waals surface area contributed by atoms with E-state index in [1.165, 1.54) is 0 Å². The van der Waals surface area contributed by atoms with Crippen molar-refractivity contribution in [3.8, 4) is 23.2 Å². The first kappa shape index (κ1) is 20.2. The molecule has 0 aliphatic heterocycles. The van der Waals surface area contributed by atoms with Crippen molar-refractivity contribution in [2.75, 3.05) is 0 Å². The Kier molecular flexibility index (Phi) is 5.08. The summed E-state index contributed by atoms with van der Waals surface area (Å²) in [6.45, 7) is 0. The maximum atomic E-state index is 10.1. The largest absolute Gasteiger partial charge is 0.506 e. The molecule has 0 radical (unpaired) electrons. The quantitative estimate of drug-likeness (QED) is 0.276. The van der Waals surface area contributed by atoms with E-state index in [4.69, 9.17) is 4.74 Å². The third kappa shape index (κ3) is 3.29. The molecular weight excluding hydrogens is 583 g/mol. The van der Waals surface area contributed by atoms with Crippen molar-refractivity contribution in [1.29, 1.82) is 0 Å². The van der Waals surface area contributed by atoms with Gasteiger partial charge in [0.1, 0.15) is 17.1 Å². The summed E-state index contributed by atoms with van der Waals surface area (Å²) in [5.74, 6) is 1.66. The van der Waals surface area contributed by atoms with Gasteiger partial charge in [-0.1, -0.05) is 36.4 Å². The molecular formula is C25H15N4O2Pt-. The number of pyridine rings is 3. The number of aromatic nitrogens is 4. The fourth-order valence-corrected chi connectivity index (χ4v) is 3.80. The molecule has 6 rings (SSSR count). The van der Waals surface area contributed by atoms with Crippen molar-refractivity contribution < 1.29 is 30.9 Å². The van der Waals surface area contributed by atoms with Crippen LogP contribution in [0.25, 0.3) is 38.7 Å². The van der Waals surface area contributed by atoms with Gasteiger partial charge in [-0.05, 0) is 52.9 Å². The summed E-state index contributed by atoms with van der Waals surface area (Å²) < 4.78 is 7.98. The van der Waals surface area contributed by atoms with Crippen molar-refractivity contribution in [1.82, 2.24) is 19.5 Å². The summed E-state index contributed by atoms with van der Waals surface area (Å²) in [6, 6.07) is 26.0. The fraction of sp³-hybridized carbons (Fsp3) is 0. The monoisotopic (exact) mass is 598 g/mol. The molecule has 0 amide bonds. The minimum absolute atomic E-state index is 0. The molecule has 0 fully saturated rings. The Morgan fingerprint density at radius 3 is 2.59 bits per heavy atom. The molecule has 1 N–H and O–H groups in total. The van der Waals surface area contributed by atoms with Gasteiger partial charge in [-0.3, -0.25) is 0 Å². The number of rotatable bonds is 3. The van der Waals surface area contributed by atoms with Gasteiger partial charge in [-0.25, -0.2) is 9.97 Å². The average Bonchev–Trinajstić information content (AvgIpc) is 3.14. The average molecular weight is 598 g/mol. The van der Waals surface area contributed by atoms with E-state index in [2.05, 4.69) is 21.0 Å². The Morgan fingerprint density at radius 1 is 0.844 bits per heavy atom. The number of hydrogen-bond acceptors (Lipinski definition) is 5. The third-order valence-corrected chi connectivity index (χ3v) is 5.17. The van der Waals surface area contributed by atoms with Crippen LogP contribution in [0.3, 0.4) is 0 Å². The van der Waals surface area contributed by atoms with E-state index in [-0.39, 0.29) is 26.8 Å². The first-order chi connectivity index (χ1) is 15.3. The van der Waals surface area contributed by atoms with E-state index in [1.54, 1.807) is 30.6 Å². The maximum absolute atomic E-state index is 10.1. The summed E-state index contributed by atoms with van der Waals surface area (Å²) in [5, 5.41) is 11.9. The minimum Gasteiger partial charge on any atom is -0.506 e. The number of ether oxygens (including phenoxy) is 1. The van der Waals surface area contributed by atoms with Crippen LogP contribution in [-0.2, 0) is 21.1 Å². The maximum Gasteiger partial charge on any atom is 0.217 e. The molecule has 0 bridgehead atoms. The van der Waals surface area contributed by atoms with Gasteiger partial charge in [0.25, 0.3) is 0 Å². The second-order valence-electron chi connectivity index (χ2n) is 7.09. The summed E-state index contributed by atoms with van der Waals surface area (Å²) in [5.41, 5.74) is 3.06. The Hall–Kier alpha value is -3.76. The molecule has 0 saturated heterocycles. The molecule has 32 heavy (non-hydrogen) atoms. The van der Waals surface area contributed by atoms with Gasteiger partial charge >= 0.3 is 0 Å². The third-order valence-electron chi connectivity index (χ3n) is 5.17. The normalized spacial score (nSPS) is 11.0. The first-order valence-corrected chi connectivity index (χ1v) is 9.77. The van der Waals surface area contributed by atoms with E-state index >= 15 is 0 Å². The van der Waals surface area contributed by atoms with Crippen molar-refractivity contribution >= 4 is 32.8 Å². The Balaban J connectivity index is 0.00000216. The van der Waals surface area contributed by atoms with Gasteiger partial charge in [-0.2, -0.15) is 0 Å². The van der Waals surface area contributed by atoms with E-state index in [0.29, 0.717) is 17.1 Å². The molecule has 0 spiro atoms. The number of nitrogens with zero attached hydrogens (tertiary/aromatic N) is 4. The zero-order valence-corrected chi connectivity index (χ0v) is 18.8. The zero-order valence-electron chi connectivity index (χ0n) is 16.5. The van der Waals surface area contributed by atoms with Gasteiger partial charge in [0.05, 0.1) is 0 Å². The Labute approximate surface area is 197 Å².